The molecule has 4 heteroatoms. The second-order valence-corrected chi connectivity index (χ2v) is 6.04. The van der Waals surface area contributed by atoms with Gasteiger partial charge in [-0.15, -0.1) is 0 Å². The van der Waals surface area contributed by atoms with Crippen molar-refractivity contribution in [3.05, 3.63) is 47.0 Å². The first kappa shape index (κ1) is 12.3. The van der Waals surface area contributed by atoms with Crippen LogP contribution in [0.25, 0.3) is 0 Å². The van der Waals surface area contributed by atoms with E-state index in [4.69, 9.17) is 11.6 Å². The molecule has 1 aromatic rings. The summed E-state index contributed by atoms with van der Waals surface area (Å²) in [5, 5.41) is 0.506. The minimum atomic E-state index is -3.09. The molecule has 1 aromatic carbocycles. The molecule has 0 atom stereocenters. The lowest BCUT2D eigenvalue weighted by Crippen LogP contribution is -2.07. The highest BCUT2D eigenvalue weighted by Gasteiger charge is 2.09. The van der Waals surface area contributed by atoms with Gasteiger partial charge in [-0.3, -0.25) is 0 Å². The molecule has 0 saturated heterocycles. The lowest BCUT2D eigenvalue weighted by Gasteiger charge is -2.01. The van der Waals surface area contributed by atoms with E-state index < -0.39 is 9.84 Å². The lowest BCUT2D eigenvalue weighted by atomic mass is 10.2. The van der Waals surface area contributed by atoms with Gasteiger partial charge in [-0.25, -0.2) is 8.42 Å². The van der Waals surface area contributed by atoms with Gasteiger partial charge in [-0.2, -0.15) is 0 Å². The average Bonchev–Trinajstić information content (AvgIpc) is 2.16. The fraction of sp³-hybridized carbons (Fsp3) is 0.273. The molecule has 0 N–H and O–H groups in total. The van der Waals surface area contributed by atoms with E-state index in [2.05, 4.69) is 0 Å². The van der Waals surface area contributed by atoms with Crippen LogP contribution >= 0.6 is 11.6 Å². The highest BCUT2D eigenvalue weighted by molar-refractivity contribution is 7.90. The predicted octanol–water partition coefficient (Wildman–Crippen LogP) is 2.74. The Bertz CT molecular complexity index is 431. The lowest BCUT2D eigenvalue weighted by molar-refractivity contribution is 0.598. The Balaban J connectivity index is 2.70. The Morgan fingerprint density at radius 3 is 2.47 bits per heavy atom. The van der Waals surface area contributed by atoms with Crippen molar-refractivity contribution in [2.75, 3.05) is 5.75 Å². The summed E-state index contributed by atoms with van der Waals surface area (Å²) in [7, 11) is -3.09. The number of hydrogen-bond donors (Lipinski definition) is 0. The summed E-state index contributed by atoms with van der Waals surface area (Å²) in [6, 6.07) is 9.11. The number of benzene rings is 1. The SMILES string of the molecule is C/C(Cl)=C/CS(=O)(=O)Cc1ccccc1. The average molecular weight is 245 g/mol. The maximum absolute atomic E-state index is 11.6. The molecule has 0 radical (unpaired) electrons. The zero-order valence-electron chi connectivity index (χ0n) is 8.48. The van der Waals surface area contributed by atoms with Crippen LogP contribution in [0, 0.1) is 0 Å². The molecule has 0 aliphatic heterocycles. The van der Waals surface area contributed by atoms with Crippen molar-refractivity contribution in [3.63, 3.8) is 0 Å². The van der Waals surface area contributed by atoms with Crippen molar-refractivity contribution in [1.82, 2.24) is 0 Å². The van der Waals surface area contributed by atoms with Crippen LogP contribution < -0.4 is 0 Å². The summed E-state index contributed by atoms with van der Waals surface area (Å²) in [6.07, 6.45) is 1.51. The minimum Gasteiger partial charge on any atom is -0.228 e. The highest BCUT2D eigenvalue weighted by atomic mass is 35.5. The van der Waals surface area contributed by atoms with E-state index in [-0.39, 0.29) is 11.5 Å². The molecule has 0 unspecified atom stereocenters. The van der Waals surface area contributed by atoms with Gasteiger partial charge in [0.15, 0.2) is 9.84 Å². The summed E-state index contributed by atoms with van der Waals surface area (Å²) in [5.41, 5.74) is 0.804. The predicted molar refractivity (Wildman–Crippen MR) is 63.5 cm³/mol. The Hall–Kier alpha value is -0.800. The zero-order valence-corrected chi connectivity index (χ0v) is 10.1. The summed E-state index contributed by atoms with van der Waals surface area (Å²) in [6.45, 7) is 1.67. The van der Waals surface area contributed by atoms with Crippen molar-refractivity contribution in [1.29, 1.82) is 0 Å². The first-order valence-corrected chi connectivity index (χ1v) is 6.76. The smallest absolute Gasteiger partial charge is 0.158 e. The topological polar surface area (TPSA) is 34.1 Å². The molecule has 0 aliphatic rings. The van der Waals surface area contributed by atoms with Gasteiger partial charge in [-0.05, 0) is 12.5 Å². The van der Waals surface area contributed by atoms with Crippen LogP contribution in [-0.2, 0) is 15.6 Å². The number of halogens is 1. The van der Waals surface area contributed by atoms with Gasteiger partial charge in [0.1, 0.15) is 0 Å². The Morgan fingerprint density at radius 1 is 1.33 bits per heavy atom. The third-order valence-electron chi connectivity index (χ3n) is 1.85. The van der Waals surface area contributed by atoms with Gasteiger partial charge < -0.3 is 0 Å². The van der Waals surface area contributed by atoms with Crippen LogP contribution in [-0.4, -0.2) is 14.2 Å². The summed E-state index contributed by atoms with van der Waals surface area (Å²) >= 11 is 5.58. The fourth-order valence-corrected chi connectivity index (χ4v) is 2.62. The second kappa shape index (κ2) is 5.33. The van der Waals surface area contributed by atoms with E-state index in [1.54, 1.807) is 19.1 Å². The molecule has 0 fully saturated rings. The molecule has 0 aliphatic carbocycles. The molecule has 15 heavy (non-hydrogen) atoms. The zero-order chi connectivity index (χ0) is 11.3. The molecule has 0 saturated carbocycles. The third kappa shape index (κ3) is 5.00. The van der Waals surface area contributed by atoms with E-state index in [9.17, 15) is 8.42 Å². The second-order valence-electron chi connectivity index (χ2n) is 3.33. The van der Waals surface area contributed by atoms with E-state index in [0.717, 1.165) is 5.56 Å². The summed E-state index contributed by atoms with van der Waals surface area (Å²) in [4.78, 5) is 0. The number of allylic oxidation sites excluding steroid dienone is 1. The first-order valence-electron chi connectivity index (χ1n) is 4.56. The summed E-state index contributed by atoms with van der Waals surface area (Å²) < 4.78 is 23.2. The molecule has 82 valence electrons. The van der Waals surface area contributed by atoms with Crippen LogP contribution in [0.4, 0.5) is 0 Å². The minimum absolute atomic E-state index is 0.00275. The van der Waals surface area contributed by atoms with Crippen molar-refractivity contribution in [3.8, 4) is 0 Å². The van der Waals surface area contributed by atoms with E-state index >= 15 is 0 Å². The fourth-order valence-electron chi connectivity index (χ4n) is 1.13. The van der Waals surface area contributed by atoms with Crippen molar-refractivity contribution in [2.24, 2.45) is 0 Å². The molecule has 0 spiro atoms. The molecule has 0 aromatic heterocycles. The molecule has 0 amide bonds. The molecular weight excluding hydrogens is 232 g/mol. The van der Waals surface area contributed by atoms with Crippen molar-refractivity contribution < 1.29 is 8.42 Å². The number of rotatable bonds is 4. The van der Waals surface area contributed by atoms with E-state index in [0.29, 0.717) is 5.03 Å². The molecule has 0 bridgehead atoms. The molecule has 2 nitrogen and oxygen atoms in total. The van der Waals surface area contributed by atoms with E-state index in [1.807, 2.05) is 18.2 Å². The van der Waals surface area contributed by atoms with Gasteiger partial charge in [-0.1, -0.05) is 48.0 Å². The molecular formula is C11H13ClO2S. The third-order valence-corrected chi connectivity index (χ3v) is 3.45. The van der Waals surface area contributed by atoms with Gasteiger partial charge in [0.25, 0.3) is 0 Å². The number of sulfone groups is 1. The standard InChI is InChI=1S/C11H13ClO2S/c1-10(12)7-8-15(13,14)9-11-5-3-2-4-6-11/h2-7H,8-9H2,1H3/b10-7-. The molecule has 0 heterocycles. The monoisotopic (exact) mass is 244 g/mol. The number of hydrogen-bond acceptors (Lipinski definition) is 2. The van der Waals surface area contributed by atoms with E-state index in [1.165, 1.54) is 6.08 Å². The van der Waals surface area contributed by atoms with Gasteiger partial charge in [0.2, 0.25) is 0 Å². The van der Waals surface area contributed by atoms with Crippen LogP contribution in [0.15, 0.2) is 41.4 Å². The van der Waals surface area contributed by atoms with Crippen LogP contribution in [0.5, 0.6) is 0 Å². The summed E-state index contributed by atoms with van der Waals surface area (Å²) in [5.74, 6) is 0.0612. The molecule has 1 rings (SSSR count). The first-order chi connectivity index (χ1) is 6.99. The van der Waals surface area contributed by atoms with Crippen LogP contribution in [0.3, 0.4) is 0 Å². The normalized spacial score (nSPS) is 12.8. The maximum Gasteiger partial charge on any atom is 0.158 e. The van der Waals surface area contributed by atoms with Crippen molar-refractivity contribution in [2.45, 2.75) is 12.7 Å². The maximum atomic E-state index is 11.6. The Morgan fingerprint density at radius 2 is 1.93 bits per heavy atom. The Labute approximate surface area is 95.5 Å². The highest BCUT2D eigenvalue weighted by Crippen LogP contribution is 2.08. The quantitative estimate of drug-likeness (QED) is 0.816. The van der Waals surface area contributed by atoms with Crippen LogP contribution in [0.2, 0.25) is 0 Å². The Kier molecular flexibility index (Phi) is 4.36. The van der Waals surface area contributed by atoms with Gasteiger partial charge >= 0.3 is 0 Å². The van der Waals surface area contributed by atoms with Gasteiger partial charge in [0.05, 0.1) is 11.5 Å². The largest absolute Gasteiger partial charge is 0.228 e. The van der Waals surface area contributed by atoms with Crippen LogP contribution in [0.1, 0.15) is 12.5 Å². The van der Waals surface area contributed by atoms with Crippen molar-refractivity contribution >= 4 is 21.4 Å². The van der Waals surface area contributed by atoms with Gasteiger partial charge in [0, 0.05) is 5.03 Å².